The van der Waals surface area contributed by atoms with Gasteiger partial charge in [-0.25, -0.2) is 0 Å². The van der Waals surface area contributed by atoms with Crippen molar-refractivity contribution in [2.45, 2.75) is 0 Å². The number of ether oxygens (including phenoxy) is 1. The molecule has 33 heavy (non-hydrogen) atoms. The molecule has 2 aromatic rings. The summed E-state index contributed by atoms with van der Waals surface area (Å²) in [5.74, 6) is -0.296. The van der Waals surface area contributed by atoms with Crippen molar-refractivity contribution in [3.05, 3.63) is 63.2 Å². The lowest BCUT2D eigenvalue weighted by Crippen LogP contribution is -2.52. The van der Waals surface area contributed by atoms with Crippen LogP contribution in [0.25, 0.3) is 0 Å². The lowest BCUT2D eigenvalue weighted by molar-refractivity contribution is -0.384. The molecule has 2 heterocycles. The molecule has 0 aliphatic carbocycles. The second-order valence-corrected chi connectivity index (χ2v) is 8.60. The van der Waals surface area contributed by atoms with E-state index in [0.29, 0.717) is 73.9 Å². The van der Waals surface area contributed by atoms with Crippen molar-refractivity contribution in [2.24, 2.45) is 0 Å². The van der Waals surface area contributed by atoms with Crippen LogP contribution in [0.1, 0.15) is 10.4 Å². The van der Waals surface area contributed by atoms with Gasteiger partial charge in [-0.2, -0.15) is 0 Å². The quantitative estimate of drug-likeness (QED) is 0.398. The van der Waals surface area contributed by atoms with Gasteiger partial charge >= 0.3 is 0 Å². The number of hydrogen-bond acceptors (Lipinski definition) is 7. The third kappa shape index (κ3) is 5.52. The summed E-state index contributed by atoms with van der Waals surface area (Å²) in [6.07, 6.45) is 0. The van der Waals surface area contributed by atoms with E-state index in [1.54, 1.807) is 36.4 Å². The fraction of sp³-hybridized carbons (Fsp3) is 0.364. The Morgan fingerprint density at radius 1 is 1.03 bits per heavy atom. The average Bonchev–Trinajstić information content (AvgIpc) is 2.84. The van der Waals surface area contributed by atoms with Gasteiger partial charge in [0.05, 0.1) is 18.1 Å². The fourth-order valence-electron chi connectivity index (χ4n) is 3.97. The molecule has 0 unspecified atom stereocenters. The third-order valence-electron chi connectivity index (χ3n) is 5.75. The van der Waals surface area contributed by atoms with Gasteiger partial charge in [0.2, 0.25) is 0 Å². The van der Waals surface area contributed by atoms with Gasteiger partial charge in [-0.3, -0.25) is 20.2 Å². The smallest absolute Gasteiger partial charge is 0.292 e. The minimum atomic E-state index is -0.340. The molecule has 174 valence electrons. The van der Waals surface area contributed by atoms with E-state index in [-0.39, 0.29) is 16.5 Å². The molecule has 4 rings (SSSR count). The van der Waals surface area contributed by atoms with Gasteiger partial charge < -0.3 is 19.4 Å². The molecule has 2 fully saturated rings. The molecule has 2 aliphatic rings. The van der Waals surface area contributed by atoms with Crippen LogP contribution in [0.2, 0.25) is 5.02 Å². The Morgan fingerprint density at radius 3 is 2.42 bits per heavy atom. The Labute approximate surface area is 202 Å². The van der Waals surface area contributed by atoms with Crippen molar-refractivity contribution >= 4 is 51.9 Å². The van der Waals surface area contributed by atoms with E-state index in [9.17, 15) is 14.9 Å². The Balaban J connectivity index is 1.39. The summed E-state index contributed by atoms with van der Waals surface area (Å²) < 4.78 is 5.39. The predicted octanol–water partition coefficient (Wildman–Crippen LogP) is 2.92. The summed E-state index contributed by atoms with van der Waals surface area (Å²) in [5.41, 5.74) is 2.09. The summed E-state index contributed by atoms with van der Waals surface area (Å²) in [6.45, 7) is 4.95. The van der Waals surface area contributed by atoms with Crippen LogP contribution in [0.4, 0.5) is 17.1 Å². The van der Waals surface area contributed by atoms with Crippen LogP contribution in [0.15, 0.2) is 42.5 Å². The van der Waals surface area contributed by atoms with Crippen molar-refractivity contribution < 1.29 is 14.5 Å². The van der Waals surface area contributed by atoms with Crippen molar-refractivity contribution in [1.29, 1.82) is 0 Å². The largest absolute Gasteiger partial charge is 0.378 e. The number of halogens is 1. The molecule has 0 atom stereocenters. The number of anilines is 2. The van der Waals surface area contributed by atoms with Gasteiger partial charge in [0.25, 0.3) is 11.6 Å². The van der Waals surface area contributed by atoms with Crippen molar-refractivity contribution in [3.63, 3.8) is 0 Å². The number of amides is 1. The van der Waals surface area contributed by atoms with Gasteiger partial charge in [0.15, 0.2) is 5.11 Å². The van der Waals surface area contributed by atoms with Crippen LogP contribution in [-0.4, -0.2) is 73.3 Å². The van der Waals surface area contributed by atoms with Crippen molar-refractivity contribution in [3.8, 4) is 0 Å². The number of nitrogens with one attached hydrogen (secondary N) is 1. The summed E-state index contributed by atoms with van der Waals surface area (Å²) in [7, 11) is 0. The number of rotatable bonds is 4. The standard InChI is InChI=1S/C22H24ClN5O4S/c23-17-3-1-2-16(14-17)21(29)24-22(33)27-8-6-25(7-9-27)18-4-5-19(28(30)31)20(15-18)26-10-12-32-13-11-26/h1-5,14-15H,6-13H2,(H,24,29,33). The van der Waals surface area contributed by atoms with Crippen LogP contribution in [-0.2, 0) is 4.74 Å². The highest BCUT2D eigenvalue weighted by molar-refractivity contribution is 7.80. The first-order valence-electron chi connectivity index (χ1n) is 10.6. The minimum absolute atomic E-state index is 0.101. The molecule has 1 N–H and O–H groups in total. The van der Waals surface area contributed by atoms with Crippen LogP contribution in [0.5, 0.6) is 0 Å². The SMILES string of the molecule is O=C(NC(=S)N1CCN(c2ccc([N+](=O)[O-])c(N3CCOCC3)c2)CC1)c1cccc(Cl)c1. The highest BCUT2D eigenvalue weighted by Crippen LogP contribution is 2.33. The number of carbonyl (C=O) groups excluding carboxylic acids is 1. The Hall–Kier alpha value is -2.95. The highest BCUT2D eigenvalue weighted by atomic mass is 35.5. The van der Waals surface area contributed by atoms with E-state index in [1.165, 1.54) is 0 Å². The molecular weight excluding hydrogens is 466 g/mol. The summed E-state index contributed by atoms with van der Waals surface area (Å²) in [6, 6.07) is 11.9. The average molecular weight is 490 g/mol. The number of thiocarbonyl (C=S) groups is 1. The normalized spacial score (nSPS) is 16.5. The summed E-state index contributed by atoms with van der Waals surface area (Å²) in [5, 5.41) is 15.2. The monoisotopic (exact) mass is 489 g/mol. The first-order chi connectivity index (χ1) is 15.9. The molecular formula is C22H24ClN5O4S. The molecule has 0 aromatic heterocycles. The lowest BCUT2D eigenvalue weighted by atomic mass is 10.1. The van der Waals surface area contributed by atoms with Gasteiger partial charge in [0.1, 0.15) is 5.69 Å². The molecule has 0 radical (unpaired) electrons. The number of nitro groups is 1. The summed E-state index contributed by atoms with van der Waals surface area (Å²) >= 11 is 11.4. The fourth-order valence-corrected chi connectivity index (χ4v) is 4.43. The molecule has 1 amide bonds. The van der Waals surface area contributed by atoms with Gasteiger partial charge in [-0.15, -0.1) is 0 Å². The van der Waals surface area contributed by atoms with E-state index in [1.807, 2.05) is 15.9 Å². The third-order valence-corrected chi connectivity index (χ3v) is 6.34. The van der Waals surface area contributed by atoms with E-state index in [2.05, 4.69) is 10.2 Å². The molecule has 9 nitrogen and oxygen atoms in total. The van der Waals surface area contributed by atoms with Crippen molar-refractivity contribution in [2.75, 3.05) is 62.3 Å². The first kappa shape index (κ1) is 23.2. The van der Waals surface area contributed by atoms with Crippen LogP contribution in [0, 0.1) is 10.1 Å². The number of nitrogens with zero attached hydrogens (tertiary/aromatic N) is 4. The van der Waals surface area contributed by atoms with E-state index in [0.717, 1.165) is 5.69 Å². The Morgan fingerprint density at radius 2 is 1.76 bits per heavy atom. The summed E-state index contributed by atoms with van der Waals surface area (Å²) in [4.78, 5) is 29.8. The Kier molecular flexibility index (Phi) is 7.26. The number of morpholine rings is 1. The lowest BCUT2D eigenvalue weighted by Gasteiger charge is -2.37. The number of hydrogen-bond donors (Lipinski definition) is 1. The molecule has 2 aromatic carbocycles. The van der Waals surface area contributed by atoms with Crippen LogP contribution >= 0.6 is 23.8 Å². The number of carbonyl (C=O) groups is 1. The zero-order valence-electron chi connectivity index (χ0n) is 17.9. The molecule has 2 aliphatic heterocycles. The maximum atomic E-state index is 12.4. The van der Waals surface area contributed by atoms with Crippen molar-refractivity contribution in [1.82, 2.24) is 10.2 Å². The predicted molar refractivity (Wildman–Crippen MR) is 131 cm³/mol. The number of benzene rings is 2. The van der Waals surface area contributed by atoms with E-state index >= 15 is 0 Å². The Bertz CT molecular complexity index is 1050. The zero-order valence-corrected chi connectivity index (χ0v) is 19.5. The number of piperazine rings is 1. The second kappa shape index (κ2) is 10.3. The maximum absolute atomic E-state index is 12.4. The first-order valence-corrected chi connectivity index (χ1v) is 11.4. The zero-order chi connectivity index (χ0) is 23.4. The van der Waals surface area contributed by atoms with E-state index in [4.69, 9.17) is 28.6 Å². The molecule has 0 spiro atoms. The molecule has 2 saturated heterocycles. The van der Waals surface area contributed by atoms with E-state index < -0.39 is 0 Å². The molecule has 0 saturated carbocycles. The maximum Gasteiger partial charge on any atom is 0.292 e. The number of nitro benzene ring substituents is 1. The molecule has 11 heteroatoms. The molecule has 0 bridgehead atoms. The van der Waals surface area contributed by atoms with Crippen LogP contribution < -0.4 is 15.1 Å². The topological polar surface area (TPSA) is 91.2 Å². The van der Waals surface area contributed by atoms with Crippen LogP contribution in [0.3, 0.4) is 0 Å². The second-order valence-electron chi connectivity index (χ2n) is 7.77. The van der Waals surface area contributed by atoms with Gasteiger partial charge in [-0.05, 0) is 42.5 Å². The van der Waals surface area contributed by atoms with Gasteiger partial charge in [0, 0.05) is 61.6 Å². The minimum Gasteiger partial charge on any atom is -0.378 e. The highest BCUT2D eigenvalue weighted by Gasteiger charge is 2.25. The van der Waals surface area contributed by atoms with Gasteiger partial charge in [-0.1, -0.05) is 17.7 Å².